The molecular weight excluding hydrogens is 335 g/mol. The predicted octanol–water partition coefficient (Wildman–Crippen LogP) is 3.95. The van der Waals surface area contributed by atoms with E-state index in [1.165, 1.54) is 6.07 Å². The van der Waals surface area contributed by atoms with Crippen LogP contribution in [0.4, 0.5) is 18.9 Å². The zero-order valence-electron chi connectivity index (χ0n) is 13.0. The number of ether oxygens (including phenoxy) is 2. The molecule has 2 aromatic rings. The average Bonchev–Trinajstić information content (AvgIpc) is 2.59. The van der Waals surface area contributed by atoms with Gasteiger partial charge in [0.2, 0.25) is 5.91 Å². The number of rotatable bonds is 1. The van der Waals surface area contributed by atoms with Crippen LogP contribution in [0.3, 0.4) is 0 Å². The van der Waals surface area contributed by atoms with Crippen LogP contribution in [0.1, 0.15) is 29.0 Å². The number of nitrogens with one attached hydrogen (secondary N) is 1. The Labute approximate surface area is 141 Å². The van der Waals surface area contributed by atoms with Crippen LogP contribution in [0.25, 0.3) is 0 Å². The molecule has 0 bridgehead atoms. The van der Waals surface area contributed by atoms with Crippen LogP contribution in [0.5, 0.6) is 11.5 Å². The van der Waals surface area contributed by atoms with Crippen molar-refractivity contribution in [1.29, 1.82) is 0 Å². The lowest BCUT2D eigenvalue weighted by molar-refractivity contribution is -0.137. The summed E-state index contributed by atoms with van der Waals surface area (Å²) in [6.07, 6.45) is -4.35. The maximum absolute atomic E-state index is 13.0. The number of hydrogen-bond acceptors (Lipinski definition) is 3. The largest absolute Gasteiger partial charge is 0.486 e. The summed E-state index contributed by atoms with van der Waals surface area (Å²) < 4.78 is 50.1. The third-order valence-corrected chi connectivity index (χ3v) is 4.37. The van der Waals surface area contributed by atoms with Crippen molar-refractivity contribution in [2.24, 2.45) is 0 Å². The van der Waals surface area contributed by atoms with Crippen LogP contribution in [0, 0.1) is 0 Å². The van der Waals surface area contributed by atoms with Crippen molar-refractivity contribution in [3.63, 3.8) is 0 Å². The molecule has 1 amide bonds. The molecule has 2 aromatic carbocycles. The molecule has 2 aliphatic rings. The lowest BCUT2D eigenvalue weighted by atomic mass is 9.84. The number of carbonyl (C=O) groups excluding carboxylic acids is 1. The Morgan fingerprint density at radius 3 is 2.48 bits per heavy atom. The second kappa shape index (κ2) is 5.68. The molecule has 1 atom stereocenters. The standard InChI is InChI=1S/C18H14F3NO3/c19-18(20,21)11-3-1-2-10(6-11)12-8-17(23)22-14-9-16-15(7-13(12)14)24-4-5-25-16/h1-3,6-7,9,12H,4-5,8H2,(H,22,23). The van der Waals surface area contributed by atoms with Crippen molar-refractivity contribution in [3.8, 4) is 11.5 Å². The monoisotopic (exact) mass is 349 g/mol. The molecule has 0 aromatic heterocycles. The second-order valence-corrected chi connectivity index (χ2v) is 6.01. The number of amides is 1. The van der Waals surface area contributed by atoms with Gasteiger partial charge < -0.3 is 14.8 Å². The predicted molar refractivity (Wildman–Crippen MR) is 84.0 cm³/mol. The van der Waals surface area contributed by atoms with E-state index in [1.807, 2.05) is 0 Å². The highest BCUT2D eigenvalue weighted by Crippen LogP contribution is 2.44. The Bertz CT molecular complexity index is 848. The van der Waals surface area contributed by atoms with E-state index in [2.05, 4.69) is 5.32 Å². The summed E-state index contributed by atoms with van der Waals surface area (Å²) in [6, 6.07) is 8.51. The molecule has 7 heteroatoms. The molecule has 4 rings (SSSR count). The van der Waals surface area contributed by atoms with Crippen LogP contribution in [-0.2, 0) is 11.0 Å². The molecule has 2 heterocycles. The van der Waals surface area contributed by atoms with Gasteiger partial charge in [0.15, 0.2) is 11.5 Å². The summed E-state index contributed by atoms with van der Waals surface area (Å²) >= 11 is 0. The van der Waals surface area contributed by atoms with E-state index < -0.39 is 17.7 Å². The molecule has 4 nitrogen and oxygen atoms in total. The molecule has 0 fully saturated rings. The van der Waals surface area contributed by atoms with Crippen molar-refractivity contribution >= 4 is 11.6 Å². The van der Waals surface area contributed by atoms with E-state index >= 15 is 0 Å². The Morgan fingerprint density at radius 1 is 1.04 bits per heavy atom. The minimum absolute atomic E-state index is 0.0773. The van der Waals surface area contributed by atoms with E-state index in [1.54, 1.807) is 18.2 Å². The fourth-order valence-electron chi connectivity index (χ4n) is 3.23. The highest BCUT2D eigenvalue weighted by atomic mass is 19.4. The number of hydrogen-bond donors (Lipinski definition) is 1. The van der Waals surface area contributed by atoms with Crippen LogP contribution in [0.2, 0.25) is 0 Å². The molecule has 25 heavy (non-hydrogen) atoms. The summed E-state index contributed by atoms with van der Waals surface area (Å²) in [5.41, 5.74) is 0.990. The number of benzene rings is 2. The first-order valence-electron chi connectivity index (χ1n) is 7.82. The molecule has 0 aliphatic carbocycles. The summed E-state index contributed by atoms with van der Waals surface area (Å²) in [5, 5.41) is 2.76. The fourth-order valence-corrected chi connectivity index (χ4v) is 3.23. The number of anilines is 1. The zero-order valence-corrected chi connectivity index (χ0v) is 13.0. The average molecular weight is 349 g/mol. The Morgan fingerprint density at radius 2 is 1.76 bits per heavy atom. The molecule has 130 valence electrons. The summed E-state index contributed by atoms with van der Waals surface area (Å²) in [5.74, 6) is 0.349. The molecule has 2 aliphatic heterocycles. The van der Waals surface area contributed by atoms with Gasteiger partial charge in [0.05, 0.1) is 5.56 Å². The van der Waals surface area contributed by atoms with E-state index in [0.717, 1.165) is 17.7 Å². The first-order valence-corrected chi connectivity index (χ1v) is 7.82. The van der Waals surface area contributed by atoms with Gasteiger partial charge in [0, 0.05) is 24.1 Å². The summed E-state index contributed by atoms with van der Waals surface area (Å²) in [4.78, 5) is 12.1. The van der Waals surface area contributed by atoms with Crippen molar-refractivity contribution in [2.75, 3.05) is 18.5 Å². The first kappa shape index (κ1) is 15.8. The number of carbonyl (C=O) groups is 1. The normalized spacial score (nSPS) is 19.2. The molecule has 1 N–H and O–H groups in total. The van der Waals surface area contributed by atoms with Crippen LogP contribution in [0.15, 0.2) is 36.4 Å². The maximum Gasteiger partial charge on any atom is 0.416 e. The highest BCUT2D eigenvalue weighted by Gasteiger charge is 2.33. The van der Waals surface area contributed by atoms with Crippen molar-refractivity contribution in [2.45, 2.75) is 18.5 Å². The zero-order chi connectivity index (χ0) is 17.6. The van der Waals surface area contributed by atoms with Crippen LogP contribution < -0.4 is 14.8 Å². The molecule has 0 radical (unpaired) electrons. The Balaban J connectivity index is 1.81. The molecular formula is C18H14F3NO3. The first-order chi connectivity index (χ1) is 11.9. The van der Waals surface area contributed by atoms with Gasteiger partial charge in [-0.15, -0.1) is 0 Å². The van der Waals surface area contributed by atoms with Crippen molar-refractivity contribution in [3.05, 3.63) is 53.1 Å². The van der Waals surface area contributed by atoms with Gasteiger partial charge in [0.1, 0.15) is 13.2 Å². The fraction of sp³-hybridized carbons (Fsp3) is 0.278. The summed E-state index contributed by atoms with van der Waals surface area (Å²) in [7, 11) is 0. The van der Waals surface area contributed by atoms with Gasteiger partial charge in [-0.1, -0.05) is 18.2 Å². The summed E-state index contributed by atoms with van der Waals surface area (Å²) in [6.45, 7) is 0.823. The van der Waals surface area contributed by atoms with Gasteiger partial charge in [0.25, 0.3) is 0 Å². The smallest absolute Gasteiger partial charge is 0.416 e. The van der Waals surface area contributed by atoms with Crippen molar-refractivity contribution < 1.29 is 27.4 Å². The van der Waals surface area contributed by atoms with Crippen LogP contribution >= 0.6 is 0 Å². The minimum Gasteiger partial charge on any atom is -0.486 e. The number of alkyl halides is 3. The highest BCUT2D eigenvalue weighted by molar-refractivity contribution is 5.96. The minimum atomic E-state index is -4.43. The van der Waals surface area contributed by atoms with Gasteiger partial charge >= 0.3 is 6.18 Å². The van der Waals surface area contributed by atoms with Gasteiger partial charge in [-0.2, -0.15) is 13.2 Å². The second-order valence-electron chi connectivity index (χ2n) is 6.01. The maximum atomic E-state index is 13.0. The van der Waals surface area contributed by atoms with Gasteiger partial charge in [-0.05, 0) is 23.3 Å². The quantitative estimate of drug-likeness (QED) is 0.848. The lowest BCUT2D eigenvalue weighted by Crippen LogP contribution is -2.25. The topological polar surface area (TPSA) is 47.6 Å². The van der Waals surface area contributed by atoms with Crippen molar-refractivity contribution in [1.82, 2.24) is 0 Å². The third kappa shape index (κ3) is 2.90. The van der Waals surface area contributed by atoms with E-state index in [4.69, 9.17) is 9.47 Å². The molecule has 0 saturated carbocycles. The molecule has 0 saturated heterocycles. The van der Waals surface area contributed by atoms with Gasteiger partial charge in [-0.3, -0.25) is 4.79 Å². The molecule has 1 unspecified atom stereocenters. The number of fused-ring (bicyclic) bond motifs is 2. The Kier molecular flexibility index (Phi) is 3.59. The van der Waals surface area contributed by atoms with E-state index in [0.29, 0.717) is 36.0 Å². The number of halogens is 3. The van der Waals surface area contributed by atoms with E-state index in [-0.39, 0.29) is 12.3 Å². The lowest BCUT2D eigenvalue weighted by Gasteiger charge is -2.29. The SMILES string of the molecule is O=C1CC(c2cccc(C(F)(F)F)c2)c2cc3c(cc2N1)OCCO3. The van der Waals surface area contributed by atoms with Crippen LogP contribution in [-0.4, -0.2) is 19.1 Å². The molecule has 0 spiro atoms. The third-order valence-electron chi connectivity index (χ3n) is 4.37. The van der Waals surface area contributed by atoms with E-state index in [9.17, 15) is 18.0 Å². The Hall–Kier alpha value is -2.70. The van der Waals surface area contributed by atoms with Gasteiger partial charge in [-0.25, -0.2) is 0 Å².